The van der Waals surface area contributed by atoms with Crippen LogP contribution in [-0.2, 0) is 9.53 Å². The van der Waals surface area contributed by atoms with E-state index in [1.807, 2.05) is 6.07 Å². The van der Waals surface area contributed by atoms with Crippen molar-refractivity contribution < 1.29 is 14.3 Å². The Kier molecular flexibility index (Phi) is 3.69. The molecule has 3 N–H and O–H groups in total. The van der Waals surface area contributed by atoms with E-state index in [1.54, 1.807) is 18.2 Å². The number of carbonyl (C=O) groups excluding carboxylic acids is 1. The summed E-state index contributed by atoms with van der Waals surface area (Å²) in [6, 6.07) is 6.97. The maximum atomic E-state index is 12.2. The summed E-state index contributed by atoms with van der Waals surface area (Å²) in [5, 5.41) is 11.7. The standard InChI is InChI=1S/C13H15N3O3/c1-18-10-4-2-3-9(7-14)11(10)16-12(17)13(15)5-6-19-8-13/h2-4H,5-6,8,15H2,1H3,(H,16,17). The number of methoxy groups -OCH3 is 1. The molecule has 0 bridgehead atoms. The normalized spacial score (nSPS) is 21.7. The number of para-hydroxylation sites is 1. The summed E-state index contributed by atoms with van der Waals surface area (Å²) in [7, 11) is 1.48. The molecule has 1 aromatic carbocycles. The summed E-state index contributed by atoms with van der Waals surface area (Å²) < 4.78 is 10.3. The van der Waals surface area contributed by atoms with Crippen molar-refractivity contribution in [3.8, 4) is 11.8 Å². The summed E-state index contributed by atoms with van der Waals surface area (Å²) in [5.41, 5.74) is 5.60. The number of benzene rings is 1. The number of nitriles is 1. The Bertz CT molecular complexity index is 530. The van der Waals surface area contributed by atoms with Crippen molar-refractivity contribution in [2.75, 3.05) is 25.6 Å². The molecule has 100 valence electrons. The molecule has 6 heteroatoms. The van der Waals surface area contributed by atoms with Crippen LogP contribution in [0.2, 0.25) is 0 Å². The van der Waals surface area contributed by atoms with E-state index in [1.165, 1.54) is 7.11 Å². The van der Waals surface area contributed by atoms with Crippen LogP contribution < -0.4 is 15.8 Å². The Labute approximate surface area is 111 Å². The van der Waals surface area contributed by atoms with Crippen molar-refractivity contribution in [3.05, 3.63) is 23.8 Å². The van der Waals surface area contributed by atoms with Crippen LogP contribution in [0.25, 0.3) is 0 Å². The van der Waals surface area contributed by atoms with Crippen molar-refractivity contribution in [1.29, 1.82) is 5.26 Å². The minimum absolute atomic E-state index is 0.176. The number of rotatable bonds is 3. The molecule has 0 radical (unpaired) electrons. The molecule has 1 amide bonds. The first-order valence-corrected chi connectivity index (χ1v) is 5.86. The monoisotopic (exact) mass is 261 g/mol. The fourth-order valence-corrected chi connectivity index (χ4v) is 1.92. The first-order valence-electron chi connectivity index (χ1n) is 5.86. The Hall–Kier alpha value is -2.10. The molecule has 1 aliphatic rings. The van der Waals surface area contributed by atoms with Gasteiger partial charge in [-0.15, -0.1) is 0 Å². The van der Waals surface area contributed by atoms with E-state index in [2.05, 4.69) is 5.32 Å². The summed E-state index contributed by atoms with van der Waals surface area (Å²) in [6.07, 6.45) is 0.454. The van der Waals surface area contributed by atoms with Crippen LogP contribution >= 0.6 is 0 Å². The lowest BCUT2D eigenvalue weighted by molar-refractivity contribution is -0.121. The Morgan fingerprint density at radius 1 is 1.63 bits per heavy atom. The molecule has 1 heterocycles. The minimum atomic E-state index is -1.05. The number of ether oxygens (including phenoxy) is 2. The highest BCUT2D eigenvalue weighted by atomic mass is 16.5. The average Bonchev–Trinajstić information content (AvgIpc) is 2.87. The minimum Gasteiger partial charge on any atom is -0.495 e. The Morgan fingerprint density at radius 2 is 2.42 bits per heavy atom. The molecule has 0 spiro atoms. The van der Waals surface area contributed by atoms with Crippen molar-refractivity contribution in [3.63, 3.8) is 0 Å². The molecular formula is C13H15N3O3. The topological polar surface area (TPSA) is 97.4 Å². The number of hydrogen-bond acceptors (Lipinski definition) is 5. The molecule has 1 saturated heterocycles. The van der Waals surface area contributed by atoms with E-state index in [9.17, 15) is 4.79 Å². The summed E-state index contributed by atoms with van der Waals surface area (Å²) in [5.74, 6) is 0.0564. The number of nitrogens with two attached hydrogens (primary N) is 1. The number of nitrogens with zero attached hydrogens (tertiary/aromatic N) is 1. The lowest BCUT2D eigenvalue weighted by atomic mass is 9.99. The van der Waals surface area contributed by atoms with Gasteiger partial charge < -0.3 is 20.5 Å². The van der Waals surface area contributed by atoms with Crippen molar-refractivity contribution in [2.45, 2.75) is 12.0 Å². The van der Waals surface area contributed by atoms with Gasteiger partial charge in [-0.05, 0) is 18.6 Å². The number of hydrogen-bond donors (Lipinski definition) is 2. The van der Waals surface area contributed by atoms with Crippen LogP contribution in [0.1, 0.15) is 12.0 Å². The third kappa shape index (κ3) is 2.52. The van der Waals surface area contributed by atoms with Crippen LogP contribution in [0.3, 0.4) is 0 Å². The van der Waals surface area contributed by atoms with E-state index in [0.717, 1.165) is 0 Å². The van der Waals surface area contributed by atoms with Gasteiger partial charge in [0.1, 0.15) is 23.0 Å². The van der Waals surface area contributed by atoms with E-state index < -0.39 is 5.54 Å². The molecule has 19 heavy (non-hydrogen) atoms. The number of anilines is 1. The van der Waals surface area contributed by atoms with E-state index in [-0.39, 0.29) is 12.5 Å². The SMILES string of the molecule is COc1cccc(C#N)c1NC(=O)C1(N)CCOC1. The summed E-state index contributed by atoms with van der Waals surface area (Å²) in [6.45, 7) is 0.636. The van der Waals surface area contributed by atoms with Crippen LogP contribution in [0, 0.1) is 11.3 Å². The second-order valence-electron chi connectivity index (χ2n) is 4.41. The zero-order chi connectivity index (χ0) is 13.9. The van der Waals surface area contributed by atoms with Gasteiger partial charge in [-0.1, -0.05) is 6.07 Å². The van der Waals surface area contributed by atoms with Crippen LogP contribution in [0.15, 0.2) is 18.2 Å². The molecule has 0 aliphatic carbocycles. The first-order chi connectivity index (χ1) is 9.10. The Morgan fingerprint density at radius 3 is 3.00 bits per heavy atom. The van der Waals surface area contributed by atoms with E-state index in [4.69, 9.17) is 20.5 Å². The summed E-state index contributed by atoms with van der Waals surface area (Å²) >= 11 is 0. The average molecular weight is 261 g/mol. The molecule has 1 atom stereocenters. The van der Waals surface area contributed by atoms with Gasteiger partial charge in [-0.25, -0.2) is 0 Å². The maximum Gasteiger partial charge on any atom is 0.247 e. The van der Waals surface area contributed by atoms with Crippen molar-refractivity contribution in [2.24, 2.45) is 5.73 Å². The Balaban J connectivity index is 2.28. The van der Waals surface area contributed by atoms with Crippen molar-refractivity contribution >= 4 is 11.6 Å². The number of amides is 1. The highest BCUT2D eigenvalue weighted by Gasteiger charge is 2.38. The second-order valence-corrected chi connectivity index (χ2v) is 4.41. The van der Waals surface area contributed by atoms with Gasteiger partial charge in [0.05, 0.1) is 19.3 Å². The van der Waals surface area contributed by atoms with Crippen LogP contribution in [-0.4, -0.2) is 31.8 Å². The fraction of sp³-hybridized carbons (Fsp3) is 0.385. The largest absolute Gasteiger partial charge is 0.495 e. The number of nitrogens with one attached hydrogen (secondary N) is 1. The maximum absolute atomic E-state index is 12.2. The van der Waals surface area contributed by atoms with Crippen LogP contribution in [0.4, 0.5) is 5.69 Å². The summed E-state index contributed by atoms with van der Waals surface area (Å²) in [4.78, 5) is 12.2. The molecule has 2 rings (SSSR count). The van der Waals surface area contributed by atoms with Gasteiger partial charge in [0, 0.05) is 6.61 Å². The van der Waals surface area contributed by atoms with E-state index >= 15 is 0 Å². The third-order valence-corrected chi connectivity index (χ3v) is 3.11. The highest BCUT2D eigenvalue weighted by Crippen LogP contribution is 2.29. The molecule has 1 unspecified atom stereocenters. The fourth-order valence-electron chi connectivity index (χ4n) is 1.92. The first kappa shape index (κ1) is 13.3. The lowest BCUT2D eigenvalue weighted by Crippen LogP contribution is -2.51. The van der Waals surface area contributed by atoms with Gasteiger partial charge in [0.25, 0.3) is 0 Å². The molecule has 1 aromatic rings. The van der Waals surface area contributed by atoms with Gasteiger partial charge >= 0.3 is 0 Å². The predicted molar refractivity (Wildman–Crippen MR) is 68.7 cm³/mol. The quantitative estimate of drug-likeness (QED) is 0.831. The van der Waals surface area contributed by atoms with Crippen LogP contribution in [0.5, 0.6) is 5.75 Å². The third-order valence-electron chi connectivity index (χ3n) is 3.11. The van der Waals surface area contributed by atoms with Gasteiger partial charge in [-0.3, -0.25) is 4.79 Å². The zero-order valence-corrected chi connectivity index (χ0v) is 10.6. The van der Waals surface area contributed by atoms with Crippen molar-refractivity contribution in [1.82, 2.24) is 0 Å². The highest BCUT2D eigenvalue weighted by molar-refractivity contribution is 6.00. The molecular weight excluding hydrogens is 246 g/mol. The smallest absolute Gasteiger partial charge is 0.247 e. The van der Waals surface area contributed by atoms with Gasteiger partial charge in [0.2, 0.25) is 5.91 Å². The molecule has 1 fully saturated rings. The van der Waals surface area contributed by atoms with Gasteiger partial charge in [-0.2, -0.15) is 5.26 Å². The number of carbonyl (C=O) groups is 1. The van der Waals surface area contributed by atoms with E-state index in [0.29, 0.717) is 30.0 Å². The second kappa shape index (κ2) is 5.26. The molecule has 0 aromatic heterocycles. The molecule has 0 saturated carbocycles. The molecule has 6 nitrogen and oxygen atoms in total. The zero-order valence-electron chi connectivity index (χ0n) is 10.6. The molecule has 1 aliphatic heterocycles. The lowest BCUT2D eigenvalue weighted by Gasteiger charge is -2.21. The van der Waals surface area contributed by atoms with Gasteiger partial charge in [0.15, 0.2) is 0 Å². The predicted octanol–water partition coefficient (Wildman–Crippen LogP) is 0.623.